The highest BCUT2D eigenvalue weighted by molar-refractivity contribution is 5.96. The summed E-state index contributed by atoms with van der Waals surface area (Å²) in [6.07, 6.45) is 6.38. The normalized spacial score (nSPS) is 10.9. The molecule has 5 heteroatoms. The number of rotatable bonds is 6. The van der Waals surface area contributed by atoms with Crippen LogP contribution in [0.15, 0.2) is 24.3 Å². The number of hydrogen-bond donors (Lipinski definition) is 2. The predicted octanol–water partition coefficient (Wildman–Crippen LogP) is 1.54. The van der Waals surface area contributed by atoms with Crippen molar-refractivity contribution in [1.29, 1.82) is 5.26 Å². The van der Waals surface area contributed by atoms with Gasteiger partial charge in [-0.3, -0.25) is 4.79 Å². The molecule has 1 atom stereocenters. The number of carboxylic acid groups (broad SMARTS) is 1. The van der Waals surface area contributed by atoms with Crippen LogP contribution in [0.5, 0.6) is 0 Å². The van der Waals surface area contributed by atoms with Gasteiger partial charge in [0.25, 0.3) is 5.91 Å². The number of nitrogens with one attached hydrogen (secondary N) is 1. The molecule has 1 rings (SSSR count). The fourth-order valence-electron chi connectivity index (χ4n) is 1.60. The van der Waals surface area contributed by atoms with Crippen molar-refractivity contribution in [2.75, 3.05) is 0 Å². The average molecular weight is 270 g/mol. The van der Waals surface area contributed by atoms with E-state index in [0.29, 0.717) is 24.0 Å². The van der Waals surface area contributed by atoms with Gasteiger partial charge in [-0.1, -0.05) is 0 Å². The third-order valence-electron chi connectivity index (χ3n) is 2.69. The van der Waals surface area contributed by atoms with Gasteiger partial charge in [-0.2, -0.15) is 5.26 Å². The summed E-state index contributed by atoms with van der Waals surface area (Å²) >= 11 is 0. The van der Waals surface area contributed by atoms with Gasteiger partial charge >= 0.3 is 5.97 Å². The number of nitrogens with zero attached hydrogens (tertiary/aromatic N) is 1. The number of hydrogen-bond acceptors (Lipinski definition) is 3. The van der Waals surface area contributed by atoms with Crippen LogP contribution in [0.2, 0.25) is 0 Å². The third kappa shape index (κ3) is 4.47. The van der Waals surface area contributed by atoms with E-state index in [4.69, 9.17) is 16.8 Å². The number of benzene rings is 1. The van der Waals surface area contributed by atoms with Crippen LogP contribution in [0, 0.1) is 23.7 Å². The lowest BCUT2D eigenvalue weighted by Crippen LogP contribution is -2.40. The second-order valence-corrected chi connectivity index (χ2v) is 4.15. The highest BCUT2D eigenvalue weighted by Crippen LogP contribution is 2.06. The first-order valence-electron chi connectivity index (χ1n) is 6.05. The van der Waals surface area contributed by atoms with Crippen LogP contribution in [-0.2, 0) is 4.79 Å². The number of unbranched alkanes of at least 4 members (excludes halogenated alkanes) is 1. The zero-order chi connectivity index (χ0) is 15.0. The maximum Gasteiger partial charge on any atom is 0.326 e. The number of carbonyl (C=O) groups excluding carboxylic acids is 1. The molecule has 0 radical (unpaired) electrons. The lowest BCUT2D eigenvalue weighted by atomic mass is 10.1. The van der Waals surface area contributed by atoms with E-state index in [0.717, 1.165) is 0 Å². The lowest BCUT2D eigenvalue weighted by Gasteiger charge is -2.13. The zero-order valence-corrected chi connectivity index (χ0v) is 10.8. The molecule has 0 spiro atoms. The summed E-state index contributed by atoms with van der Waals surface area (Å²) in [5.74, 6) is 0.846. The van der Waals surface area contributed by atoms with Crippen molar-refractivity contribution >= 4 is 11.9 Å². The van der Waals surface area contributed by atoms with Gasteiger partial charge in [-0.25, -0.2) is 4.79 Å². The molecule has 20 heavy (non-hydrogen) atoms. The highest BCUT2D eigenvalue weighted by atomic mass is 16.4. The van der Waals surface area contributed by atoms with Crippen molar-refractivity contribution in [3.05, 3.63) is 35.4 Å². The SMILES string of the molecule is C#CCCC[C@@H](NC(=O)c1ccc(C#N)cc1)C(=O)O. The molecule has 0 aliphatic carbocycles. The van der Waals surface area contributed by atoms with E-state index in [1.807, 2.05) is 6.07 Å². The smallest absolute Gasteiger partial charge is 0.326 e. The molecule has 0 aliphatic heterocycles. The highest BCUT2D eigenvalue weighted by Gasteiger charge is 2.19. The van der Waals surface area contributed by atoms with E-state index in [9.17, 15) is 9.59 Å². The van der Waals surface area contributed by atoms with Crippen LogP contribution in [0.1, 0.15) is 35.2 Å². The predicted molar refractivity (Wildman–Crippen MR) is 72.7 cm³/mol. The van der Waals surface area contributed by atoms with Crippen LogP contribution >= 0.6 is 0 Å². The largest absolute Gasteiger partial charge is 0.480 e. The Kier molecular flexibility index (Phi) is 5.80. The number of nitriles is 1. The van der Waals surface area contributed by atoms with Crippen molar-refractivity contribution in [3.8, 4) is 18.4 Å². The van der Waals surface area contributed by atoms with Gasteiger partial charge in [0, 0.05) is 12.0 Å². The topological polar surface area (TPSA) is 90.2 Å². The zero-order valence-electron chi connectivity index (χ0n) is 10.8. The molecule has 0 unspecified atom stereocenters. The van der Waals surface area contributed by atoms with Crippen molar-refractivity contribution in [2.24, 2.45) is 0 Å². The number of amides is 1. The summed E-state index contributed by atoms with van der Waals surface area (Å²) in [6, 6.07) is 6.94. The molecule has 102 valence electrons. The van der Waals surface area contributed by atoms with E-state index in [1.54, 1.807) is 0 Å². The quantitative estimate of drug-likeness (QED) is 0.606. The Bertz CT molecular complexity index is 564. The summed E-state index contributed by atoms with van der Waals surface area (Å²) in [5.41, 5.74) is 0.748. The average Bonchev–Trinajstić information content (AvgIpc) is 2.46. The second-order valence-electron chi connectivity index (χ2n) is 4.15. The molecule has 0 fully saturated rings. The van der Waals surface area contributed by atoms with E-state index < -0.39 is 17.9 Å². The first-order valence-corrected chi connectivity index (χ1v) is 6.05. The first kappa shape index (κ1) is 15.3. The van der Waals surface area contributed by atoms with E-state index >= 15 is 0 Å². The van der Waals surface area contributed by atoms with Gasteiger partial charge in [-0.15, -0.1) is 12.3 Å². The lowest BCUT2D eigenvalue weighted by molar-refractivity contribution is -0.139. The molecule has 0 saturated heterocycles. The Morgan fingerprint density at radius 2 is 2.00 bits per heavy atom. The van der Waals surface area contributed by atoms with Gasteiger partial charge in [0.2, 0.25) is 0 Å². The molecule has 1 aromatic carbocycles. The minimum atomic E-state index is -1.09. The van der Waals surface area contributed by atoms with E-state index in [2.05, 4.69) is 11.2 Å². The van der Waals surface area contributed by atoms with Gasteiger partial charge < -0.3 is 10.4 Å². The van der Waals surface area contributed by atoms with Gasteiger partial charge in [0.15, 0.2) is 0 Å². The molecule has 1 amide bonds. The summed E-state index contributed by atoms with van der Waals surface area (Å²) in [6.45, 7) is 0. The molecule has 0 aromatic heterocycles. The van der Waals surface area contributed by atoms with Crippen LogP contribution in [0.25, 0.3) is 0 Å². The van der Waals surface area contributed by atoms with Crippen molar-refractivity contribution in [1.82, 2.24) is 5.32 Å². The minimum Gasteiger partial charge on any atom is -0.480 e. The Labute approximate surface area is 117 Å². The molecular weight excluding hydrogens is 256 g/mol. The van der Waals surface area contributed by atoms with Crippen LogP contribution in [0.3, 0.4) is 0 Å². The Morgan fingerprint density at radius 3 is 2.50 bits per heavy atom. The van der Waals surface area contributed by atoms with E-state index in [-0.39, 0.29) is 6.42 Å². The fourth-order valence-corrected chi connectivity index (χ4v) is 1.60. The van der Waals surface area contributed by atoms with Crippen molar-refractivity contribution < 1.29 is 14.7 Å². The Morgan fingerprint density at radius 1 is 1.35 bits per heavy atom. The number of aliphatic carboxylic acids is 1. The van der Waals surface area contributed by atoms with Gasteiger partial charge in [0.05, 0.1) is 11.6 Å². The first-order chi connectivity index (χ1) is 9.58. The molecule has 1 aromatic rings. The number of carbonyl (C=O) groups is 2. The van der Waals surface area contributed by atoms with Crippen LogP contribution in [-0.4, -0.2) is 23.0 Å². The molecule has 2 N–H and O–H groups in total. The summed E-state index contributed by atoms with van der Waals surface area (Å²) in [5, 5.41) is 20.1. The van der Waals surface area contributed by atoms with Crippen LogP contribution in [0.4, 0.5) is 0 Å². The Balaban J connectivity index is 2.68. The number of terminal acetylenes is 1. The molecular formula is C15H14N2O3. The number of carboxylic acids is 1. The van der Waals surface area contributed by atoms with Crippen molar-refractivity contribution in [3.63, 3.8) is 0 Å². The molecule has 5 nitrogen and oxygen atoms in total. The third-order valence-corrected chi connectivity index (χ3v) is 2.69. The fraction of sp³-hybridized carbons (Fsp3) is 0.267. The van der Waals surface area contributed by atoms with Gasteiger partial charge in [-0.05, 0) is 37.1 Å². The maximum absolute atomic E-state index is 11.9. The summed E-state index contributed by atoms with van der Waals surface area (Å²) in [7, 11) is 0. The summed E-state index contributed by atoms with van der Waals surface area (Å²) < 4.78 is 0. The van der Waals surface area contributed by atoms with Gasteiger partial charge in [0.1, 0.15) is 6.04 Å². The molecule has 0 bridgehead atoms. The molecule has 0 heterocycles. The minimum absolute atomic E-state index is 0.279. The van der Waals surface area contributed by atoms with Crippen LogP contribution < -0.4 is 5.32 Å². The monoisotopic (exact) mass is 270 g/mol. The van der Waals surface area contributed by atoms with Crippen molar-refractivity contribution in [2.45, 2.75) is 25.3 Å². The maximum atomic E-state index is 11.9. The molecule has 0 saturated carbocycles. The van der Waals surface area contributed by atoms with E-state index in [1.165, 1.54) is 24.3 Å². The standard InChI is InChI=1S/C15H14N2O3/c1-2-3-4-5-13(15(19)20)17-14(18)12-8-6-11(10-16)7-9-12/h1,6-9,13H,3-5H2,(H,17,18)(H,19,20)/t13-/m1/s1. The molecule has 0 aliphatic rings. The second kappa shape index (κ2) is 7.60. The Hall–Kier alpha value is -2.79. The summed E-state index contributed by atoms with van der Waals surface area (Å²) in [4.78, 5) is 22.9.